The van der Waals surface area contributed by atoms with E-state index >= 15 is 0 Å². The van der Waals surface area contributed by atoms with E-state index < -0.39 is 174 Å². The van der Waals surface area contributed by atoms with Crippen molar-refractivity contribution >= 4 is 194 Å². The van der Waals surface area contributed by atoms with Gasteiger partial charge in [-0.2, -0.15) is 0 Å². The average molecular weight is 2510 g/mol. The van der Waals surface area contributed by atoms with Crippen LogP contribution in [0.2, 0.25) is 0 Å². The SMILES string of the molecule is CC#CC#CC#CC#CC#CC#CC#CC#CC#CC#CC#CC#CC#CC#CC#CC#CC#CC#CC#CC#CC#CC#CC#CC#CC#CC#CC#CC#CC#CC.CC(C)(C(=O)NC(CO)CO)C(=O)NC(CO)CO.CC(C)(C(=O)Nc1c(I)c(C(=O)NC(CO)CO)c(I)c(C(=O)NC(CO)CO)c1I)C(=O)Nc1c(I)c(C(=O)NC(CO)CO)c(I)c(C(=O)NC(CO)CO)c1I. The minimum atomic E-state index is -2.00. The zero-order chi connectivity index (χ0) is 103. The highest BCUT2D eigenvalue weighted by Crippen LogP contribution is 2.39. The van der Waals surface area contributed by atoms with Crippen LogP contribution in [-0.2, 0) is 19.2 Å². The summed E-state index contributed by atoms with van der Waals surface area (Å²) >= 11 is 10.5. The maximum atomic E-state index is 14.2. The molecule has 0 saturated carbocycles. The second-order valence-corrected chi connectivity index (χ2v) is 31.5. The van der Waals surface area contributed by atoms with Crippen molar-refractivity contribution in [2.75, 3.05) is 89.9 Å². The molecular weight excluding hydrogens is 2440 g/mol. The molecule has 8 amide bonds. The predicted molar refractivity (Wildman–Crippen MR) is 565 cm³/mol. The van der Waals surface area contributed by atoms with Crippen molar-refractivity contribution in [1.82, 2.24) is 31.9 Å². The molecule has 0 aliphatic carbocycles. The second kappa shape index (κ2) is 76.6. The van der Waals surface area contributed by atoms with Crippen molar-refractivity contribution in [1.29, 1.82) is 0 Å². The van der Waals surface area contributed by atoms with E-state index in [1.807, 2.05) is 0 Å². The lowest BCUT2D eigenvalue weighted by Gasteiger charge is -2.27. The molecule has 28 nitrogen and oxygen atoms in total. The largest absolute Gasteiger partial charge is 0.394 e. The van der Waals surface area contributed by atoms with Gasteiger partial charge in [-0.3, -0.25) is 38.4 Å². The highest BCUT2D eigenvalue weighted by molar-refractivity contribution is 14.1. The first-order valence-corrected chi connectivity index (χ1v) is 44.4. The predicted octanol–water partition coefficient (Wildman–Crippen LogP) is -2.67. The molecule has 0 unspecified atom stereocenters. The van der Waals surface area contributed by atoms with Crippen LogP contribution in [0.5, 0.6) is 0 Å². The highest BCUT2D eigenvalue weighted by atomic mass is 127. The van der Waals surface area contributed by atoms with E-state index in [4.69, 9.17) is 20.4 Å². The van der Waals surface area contributed by atoms with Crippen molar-refractivity contribution in [3.63, 3.8) is 0 Å². The molecule has 0 aliphatic heterocycles. The third kappa shape index (κ3) is 50.6. The van der Waals surface area contributed by atoms with Crippen molar-refractivity contribution < 1.29 is 99.6 Å². The number of carbonyl (C=O) groups excluding carboxylic acids is 8. The van der Waals surface area contributed by atoms with Crippen LogP contribution in [0.4, 0.5) is 11.4 Å². The van der Waals surface area contributed by atoms with Gasteiger partial charge in [0.1, 0.15) is 10.8 Å². The van der Waals surface area contributed by atoms with Crippen molar-refractivity contribution in [2.45, 2.75) is 77.8 Å². The average Bonchev–Trinajstić information content (AvgIpc) is 0.760. The van der Waals surface area contributed by atoms with Crippen LogP contribution in [0, 0.1) is 376 Å². The number of aliphatic hydroxyl groups is 12. The van der Waals surface area contributed by atoms with Crippen molar-refractivity contribution in [3.05, 3.63) is 43.7 Å². The highest BCUT2D eigenvalue weighted by Gasteiger charge is 2.41. The van der Waals surface area contributed by atoms with Gasteiger partial charge in [0.25, 0.3) is 23.6 Å². The number of halogens is 6. The molecule has 0 aliphatic rings. The molecule has 0 radical (unpaired) electrons. The van der Waals surface area contributed by atoms with Gasteiger partial charge >= 0.3 is 0 Å². The van der Waals surface area contributed by atoms with E-state index in [0.29, 0.717) is 0 Å². The number of hydrogen-bond acceptors (Lipinski definition) is 20. The Hall–Kier alpha value is -14.7. The van der Waals surface area contributed by atoms with Gasteiger partial charge in [0.05, 0.1) is 163 Å². The number of nitrogens with one attached hydrogen (secondary N) is 8. The van der Waals surface area contributed by atoms with Gasteiger partial charge in [-0.05, 0) is 272 Å². The first-order valence-electron chi connectivity index (χ1n) is 37.9. The maximum Gasteiger partial charge on any atom is 0.253 e. The van der Waals surface area contributed by atoms with Crippen LogP contribution in [-0.4, -0.2) is 224 Å². The Morgan fingerprint density at radius 2 is 0.319 bits per heavy atom. The molecular formula is C104H68I6N8O20. The normalized spacial score (nSPS) is 8.30. The quantitative estimate of drug-likeness (QED) is 0.0235. The summed E-state index contributed by atoms with van der Waals surface area (Å²) in [5.41, 5.74) is -4.27. The molecule has 0 heterocycles. The monoisotopic (exact) mass is 2510 g/mol. The van der Waals surface area contributed by atoms with Gasteiger partial charge in [-0.15, -0.1) is 0 Å². The number of anilines is 2. The lowest BCUT2D eigenvalue weighted by Crippen LogP contribution is -2.54. The minimum Gasteiger partial charge on any atom is -0.394 e. The summed E-state index contributed by atoms with van der Waals surface area (Å²) in [6, 6.07) is -6.07. The fraction of sp³-hybridized carbons (Fsp3) is 0.250. The summed E-state index contributed by atoms with van der Waals surface area (Å²) in [6.07, 6.45) is 0. The summed E-state index contributed by atoms with van der Waals surface area (Å²) in [7, 11) is 0. The van der Waals surface area contributed by atoms with E-state index in [2.05, 4.69) is 386 Å². The number of aliphatic hydroxyl groups excluding tert-OH is 12. The van der Waals surface area contributed by atoms with Crippen LogP contribution in [0.1, 0.15) is 83.0 Å². The molecule has 20 N–H and O–H groups in total. The van der Waals surface area contributed by atoms with E-state index in [1.54, 1.807) is 149 Å². The van der Waals surface area contributed by atoms with E-state index in [0.717, 1.165) is 0 Å². The molecule has 0 fully saturated rings. The molecule has 0 aromatic heterocycles. The summed E-state index contributed by atoms with van der Waals surface area (Å²) in [5.74, 6) is 139. The Balaban J connectivity index is 0.00000228. The Labute approximate surface area is 882 Å². The molecule has 0 atom stereocenters. The Morgan fingerprint density at radius 3 is 0.442 bits per heavy atom. The molecule has 34 heteroatoms. The minimum absolute atomic E-state index is 0.0711. The number of benzene rings is 2. The number of rotatable bonds is 28. The molecule has 2 aromatic carbocycles. The number of carbonyl (C=O) groups is 8. The smallest absolute Gasteiger partial charge is 0.253 e. The third-order valence-corrected chi connectivity index (χ3v) is 21.1. The third-order valence-electron chi connectivity index (χ3n) is 14.6. The summed E-state index contributed by atoms with van der Waals surface area (Å²) < 4.78 is 0.500. The Bertz CT molecular complexity index is 6560. The molecule has 686 valence electrons. The van der Waals surface area contributed by atoms with Gasteiger partial charge in [0.2, 0.25) is 23.6 Å². The van der Waals surface area contributed by atoms with E-state index in [-0.39, 0.29) is 55.0 Å². The van der Waals surface area contributed by atoms with Crippen LogP contribution in [0.25, 0.3) is 0 Å². The van der Waals surface area contributed by atoms with E-state index in [1.165, 1.54) is 27.7 Å². The van der Waals surface area contributed by atoms with Crippen LogP contribution < -0.4 is 42.5 Å². The molecule has 0 bridgehead atoms. The summed E-state index contributed by atoms with van der Waals surface area (Å²) in [5, 5.41) is 132. The lowest BCUT2D eigenvalue weighted by molar-refractivity contribution is -0.143. The zero-order valence-electron chi connectivity index (χ0n) is 72.8. The number of hydrogen-bond donors (Lipinski definition) is 20. The summed E-state index contributed by atoms with van der Waals surface area (Å²) in [4.78, 5) is 106. The molecule has 138 heavy (non-hydrogen) atoms. The molecule has 2 aromatic rings. The van der Waals surface area contributed by atoms with Crippen molar-refractivity contribution in [2.24, 2.45) is 10.8 Å². The topological polar surface area (TPSA) is 476 Å². The molecule has 0 saturated heterocycles. The van der Waals surface area contributed by atoms with Gasteiger partial charge in [0.15, 0.2) is 0 Å². The zero-order valence-corrected chi connectivity index (χ0v) is 85.8. The molecule has 2 rings (SSSR count). The van der Waals surface area contributed by atoms with Gasteiger partial charge in [-0.1, -0.05) is 11.8 Å². The maximum absolute atomic E-state index is 14.2. The van der Waals surface area contributed by atoms with Crippen molar-refractivity contribution in [3.8, 4) is 343 Å². The standard InChI is InChI=1S/C60H6.C33H40I6N6O14.C11H22N2O6/c1-3-5-7-9-11-13-15-17-19-21-23-25-27-29-31-33-35-37-39-41-43-45-47-49-51-53-55-57-59-60-58-56-54-52-50-48-46-44-42-40-38-36-34-32-30-28-26-24-22-20-18-16-14-12-10-8-6-4-2;1-33(2,31(58)44-25-21(36)15(27(54)40-11(3-46)4-47)19(34)16(22(25)37)28(55)41-12(5-48)6-49)32(59)45-26-23(38)17(29(56)42-13(7-50)8-51)20(35)18(24(26)39)30(57)43-14(9-52)10-53;1-11(2,9(18)12-7(3-14)4-15)10(19)13-8(5-16)6-17/h1-2H3;11-14,46-53H,3-10H2,1-2H3,(H,40,54)(H,41,55)(H,42,56)(H,43,57)(H,44,58)(H,45,59);7-8,14-17H,3-6H2,1-2H3,(H,12,18)(H,13,19). The van der Waals surface area contributed by atoms with Gasteiger partial charge < -0.3 is 104 Å². The first kappa shape index (κ1) is 123. The van der Waals surface area contributed by atoms with Gasteiger partial charge in [-0.25, -0.2) is 0 Å². The lowest BCUT2D eigenvalue weighted by atomic mass is 9.90. The van der Waals surface area contributed by atoms with E-state index in [9.17, 15) is 79.2 Å². The van der Waals surface area contributed by atoms with Crippen LogP contribution in [0.15, 0.2) is 0 Å². The Morgan fingerprint density at radius 1 is 0.203 bits per heavy atom. The first-order chi connectivity index (χ1) is 66.4. The summed E-state index contributed by atoms with van der Waals surface area (Å²) in [6.45, 7) is 1.70. The number of amides is 8. The van der Waals surface area contributed by atoms with Gasteiger partial charge in [0, 0.05) is 244 Å². The van der Waals surface area contributed by atoms with Crippen LogP contribution in [0.3, 0.4) is 0 Å². The fourth-order valence-electron chi connectivity index (χ4n) is 7.56. The Kier molecular flexibility index (Phi) is 68.5. The fourth-order valence-corrected chi connectivity index (χ4v) is 16.4. The second-order valence-electron chi connectivity index (χ2n) is 25.0. The van der Waals surface area contributed by atoms with Crippen LogP contribution >= 0.6 is 136 Å². The molecule has 0 spiro atoms.